The fraction of sp³-hybridized carbons (Fsp3) is 0.387. The maximum Gasteiger partial charge on any atom is 0.247 e. The van der Waals surface area contributed by atoms with E-state index >= 15 is 0 Å². The highest BCUT2D eigenvalue weighted by Gasteiger charge is 2.29. The SMILES string of the molecule is C=CC(=O)Nc1cc(Nc2ncc(Cl)c(Nc3cccc4c3N(S(C)(=O)=O)CC4)n2)c(OC)cc1N(C)CCN1CCCCC1. The van der Waals surface area contributed by atoms with Crippen molar-refractivity contribution in [2.24, 2.45) is 0 Å². The van der Waals surface area contributed by atoms with Crippen LogP contribution < -0.4 is 29.9 Å². The molecular weight excluding hydrogens is 616 g/mol. The Labute approximate surface area is 269 Å². The number of hydrogen-bond donors (Lipinski definition) is 3. The molecule has 1 saturated heterocycles. The van der Waals surface area contributed by atoms with Crippen molar-refractivity contribution in [2.75, 3.05) is 78.3 Å². The first-order valence-corrected chi connectivity index (χ1v) is 17.0. The highest BCUT2D eigenvalue weighted by Crippen LogP contribution is 2.40. The second kappa shape index (κ2) is 13.9. The number of carbonyl (C=O) groups is 1. The maximum absolute atomic E-state index is 12.5. The molecule has 0 radical (unpaired) electrons. The lowest BCUT2D eigenvalue weighted by Crippen LogP contribution is -2.36. The highest BCUT2D eigenvalue weighted by molar-refractivity contribution is 7.92. The number of fused-ring (bicyclic) bond motifs is 1. The number of halogens is 1. The number of methoxy groups -OCH3 is 1. The smallest absolute Gasteiger partial charge is 0.247 e. The number of ether oxygens (including phenoxy) is 1. The summed E-state index contributed by atoms with van der Waals surface area (Å²) in [6.45, 7) is 7.84. The van der Waals surface area contributed by atoms with Crippen LogP contribution in [-0.4, -0.2) is 82.3 Å². The number of benzene rings is 2. The zero-order chi connectivity index (χ0) is 32.1. The second-order valence-electron chi connectivity index (χ2n) is 11.1. The van der Waals surface area contributed by atoms with Crippen molar-refractivity contribution in [1.82, 2.24) is 14.9 Å². The Hall–Kier alpha value is -4.07. The summed E-state index contributed by atoms with van der Waals surface area (Å²) < 4.78 is 32.0. The number of hydrogen-bond acceptors (Lipinski definition) is 10. The molecule has 1 amide bonds. The minimum Gasteiger partial charge on any atom is -0.494 e. The van der Waals surface area contributed by atoms with Gasteiger partial charge in [-0.3, -0.25) is 9.10 Å². The van der Waals surface area contributed by atoms with Gasteiger partial charge in [0.05, 0.1) is 48.0 Å². The Morgan fingerprint density at radius 1 is 1.13 bits per heavy atom. The third kappa shape index (κ3) is 7.60. The number of sulfonamides is 1. The summed E-state index contributed by atoms with van der Waals surface area (Å²) >= 11 is 6.49. The summed E-state index contributed by atoms with van der Waals surface area (Å²) in [5.74, 6) is 0.671. The summed E-state index contributed by atoms with van der Waals surface area (Å²) in [6, 6.07) is 9.18. The van der Waals surface area contributed by atoms with E-state index in [-0.39, 0.29) is 22.7 Å². The van der Waals surface area contributed by atoms with Crippen LogP contribution in [0.2, 0.25) is 5.02 Å². The standard InChI is InChI=1S/C31H39ClN8O4S/c1-5-28(41)34-24-18-25(27(44-3)19-26(24)38(2)16-17-39-13-7-6-8-14-39)36-31-33-20-22(32)30(37-31)35-23-11-9-10-21-12-15-40(29(21)23)45(4,42)43/h5,9-11,18-20H,1,6-8,12-17H2,2-4H3,(H,34,41)(H2,33,35,36,37). The molecule has 14 heteroatoms. The molecule has 1 fully saturated rings. The van der Waals surface area contributed by atoms with E-state index in [1.807, 2.05) is 25.2 Å². The molecule has 0 saturated carbocycles. The number of para-hydroxylation sites is 1. The molecule has 0 spiro atoms. The Morgan fingerprint density at radius 3 is 2.62 bits per heavy atom. The van der Waals surface area contributed by atoms with Gasteiger partial charge in [0.25, 0.3) is 0 Å². The topological polar surface area (TPSA) is 132 Å². The predicted octanol–water partition coefficient (Wildman–Crippen LogP) is 4.99. The van der Waals surface area contributed by atoms with Crippen LogP contribution in [0.5, 0.6) is 5.75 Å². The Bertz CT molecular complexity index is 1680. The quantitative estimate of drug-likeness (QED) is 0.229. The van der Waals surface area contributed by atoms with Crippen molar-refractivity contribution in [3.05, 3.63) is 59.8 Å². The van der Waals surface area contributed by atoms with Crippen LogP contribution >= 0.6 is 11.6 Å². The van der Waals surface area contributed by atoms with Gasteiger partial charge in [0.15, 0.2) is 5.82 Å². The number of piperidine rings is 1. The molecule has 12 nitrogen and oxygen atoms in total. The van der Waals surface area contributed by atoms with E-state index in [4.69, 9.17) is 16.3 Å². The van der Waals surface area contributed by atoms with Crippen LogP contribution in [0.25, 0.3) is 0 Å². The second-order valence-corrected chi connectivity index (χ2v) is 13.4. The largest absolute Gasteiger partial charge is 0.494 e. The van der Waals surface area contributed by atoms with E-state index in [1.54, 1.807) is 19.2 Å². The lowest BCUT2D eigenvalue weighted by molar-refractivity contribution is -0.111. The Balaban J connectivity index is 1.42. The van der Waals surface area contributed by atoms with E-state index in [1.165, 1.54) is 42.1 Å². The molecule has 240 valence electrons. The number of rotatable bonds is 12. The number of anilines is 7. The third-order valence-corrected chi connectivity index (χ3v) is 9.41. The first kappa shape index (κ1) is 32.3. The van der Waals surface area contributed by atoms with Crippen LogP contribution in [0.3, 0.4) is 0 Å². The molecule has 2 aromatic carbocycles. The van der Waals surface area contributed by atoms with Gasteiger partial charge in [0.1, 0.15) is 10.8 Å². The summed E-state index contributed by atoms with van der Waals surface area (Å²) in [4.78, 5) is 25.9. The van der Waals surface area contributed by atoms with Crippen molar-refractivity contribution >= 4 is 67.7 Å². The lowest BCUT2D eigenvalue weighted by Gasteiger charge is -2.30. The molecule has 2 aliphatic rings. The molecule has 0 atom stereocenters. The highest BCUT2D eigenvalue weighted by atomic mass is 35.5. The summed E-state index contributed by atoms with van der Waals surface area (Å²) in [6.07, 6.45) is 8.18. The molecular formula is C31H39ClN8O4S. The summed E-state index contributed by atoms with van der Waals surface area (Å²) in [5, 5.41) is 9.55. The first-order chi connectivity index (χ1) is 21.6. The van der Waals surface area contributed by atoms with Gasteiger partial charge in [-0.1, -0.05) is 36.7 Å². The minimum atomic E-state index is -3.47. The van der Waals surface area contributed by atoms with E-state index < -0.39 is 10.0 Å². The molecule has 45 heavy (non-hydrogen) atoms. The van der Waals surface area contributed by atoms with Crippen molar-refractivity contribution in [3.8, 4) is 5.75 Å². The molecule has 3 aromatic rings. The molecule has 0 bridgehead atoms. The average molecular weight is 655 g/mol. The van der Waals surface area contributed by atoms with E-state index in [0.717, 1.165) is 37.4 Å². The molecule has 2 aliphatic heterocycles. The minimum absolute atomic E-state index is 0.208. The van der Waals surface area contributed by atoms with Crippen LogP contribution in [0.1, 0.15) is 24.8 Å². The van der Waals surface area contributed by atoms with Gasteiger partial charge in [-0.05, 0) is 56.1 Å². The van der Waals surface area contributed by atoms with Crippen molar-refractivity contribution in [2.45, 2.75) is 25.7 Å². The van der Waals surface area contributed by atoms with Crippen LogP contribution in [0.4, 0.5) is 40.2 Å². The molecule has 5 rings (SSSR count). The summed E-state index contributed by atoms with van der Waals surface area (Å²) in [5.41, 5.74) is 3.92. The van der Waals surface area contributed by atoms with Gasteiger partial charge in [0, 0.05) is 32.7 Å². The van der Waals surface area contributed by atoms with Gasteiger partial charge in [-0.25, -0.2) is 13.4 Å². The summed E-state index contributed by atoms with van der Waals surface area (Å²) in [7, 11) is 0.0835. The van der Waals surface area contributed by atoms with Gasteiger partial charge in [-0.15, -0.1) is 0 Å². The van der Waals surface area contributed by atoms with E-state index in [9.17, 15) is 13.2 Å². The number of nitrogens with zero attached hydrogens (tertiary/aromatic N) is 5. The molecule has 3 heterocycles. The van der Waals surface area contributed by atoms with Crippen LogP contribution in [-0.2, 0) is 21.2 Å². The fourth-order valence-electron chi connectivity index (χ4n) is 5.65. The third-order valence-electron chi connectivity index (χ3n) is 7.97. The molecule has 1 aromatic heterocycles. The number of amides is 1. The average Bonchev–Trinajstić information content (AvgIpc) is 3.48. The van der Waals surface area contributed by atoms with Crippen LogP contribution in [0, 0.1) is 0 Å². The Kier molecular flexibility index (Phi) is 10.0. The van der Waals surface area contributed by atoms with Crippen molar-refractivity contribution in [1.29, 1.82) is 0 Å². The van der Waals surface area contributed by atoms with Crippen LogP contribution in [0.15, 0.2) is 49.2 Å². The normalized spacial score (nSPS) is 14.9. The number of carbonyl (C=O) groups excluding carboxylic acids is 1. The molecule has 0 aliphatic carbocycles. The monoisotopic (exact) mass is 654 g/mol. The predicted molar refractivity (Wildman–Crippen MR) is 181 cm³/mol. The number of nitrogens with one attached hydrogen (secondary N) is 3. The Morgan fingerprint density at radius 2 is 1.91 bits per heavy atom. The van der Waals surface area contributed by atoms with Gasteiger partial charge in [0.2, 0.25) is 21.9 Å². The zero-order valence-electron chi connectivity index (χ0n) is 25.8. The van der Waals surface area contributed by atoms with Crippen molar-refractivity contribution in [3.63, 3.8) is 0 Å². The number of aromatic nitrogens is 2. The van der Waals surface area contributed by atoms with E-state index in [0.29, 0.717) is 41.5 Å². The van der Waals surface area contributed by atoms with Gasteiger partial charge in [-0.2, -0.15) is 4.98 Å². The van der Waals surface area contributed by atoms with Crippen molar-refractivity contribution < 1.29 is 17.9 Å². The number of likely N-dealkylation sites (tertiary alicyclic amines) is 1. The zero-order valence-corrected chi connectivity index (χ0v) is 27.3. The number of likely N-dealkylation sites (N-methyl/N-ethyl adjacent to an activating group) is 1. The van der Waals surface area contributed by atoms with E-state index in [2.05, 4.69) is 42.3 Å². The molecule has 3 N–H and O–H groups in total. The van der Waals surface area contributed by atoms with Gasteiger partial charge < -0.3 is 30.5 Å². The molecule has 0 unspecified atom stereocenters. The van der Waals surface area contributed by atoms with Gasteiger partial charge >= 0.3 is 0 Å². The maximum atomic E-state index is 12.5. The first-order valence-electron chi connectivity index (χ1n) is 14.8. The lowest BCUT2D eigenvalue weighted by atomic mass is 10.1. The fourth-order valence-corrected chi connectivity index (χ4v) is 6.76.